The van der Waals surface area contributed by atoms with E-state index in [4.69, 9.17) is 11.6 Å². The van der Waals surface area contributed by atoms with Crippen molar-refractivity contribution < 1.29 is 22.4 Å². The predicted octanol–water partition coefficient (Wildman–Crippen LogP) is 5.71. The van der Waals surface area contributed by atoms with Gasteiger partial charge >= 0.3 is 0 Å². The summed E-state index contributed by atoms with van der Waals surface area (Å²) in [5, 5.41) is 3.42. The first-order valence-corrected chi connectivity index (χ1v) is 15.0. The number of nitrogens with one attached hydrogen (secondary N) is 1. The normalized spacial score (nSPS) is 12.0. The van der Waals surface area contributed by atoms with Gasteiger partial charge in [-0.05, 0) is 73.9 Å². The third kappa shape index (κ3) is 8.05. The van der Waals surface area contributed by atoms with Crippen molar-refractivity contribution in [1.82, 2.24) is 10.2 Å². The van der Waals surface area contributed by atoms with Crippen LogP contribution in [-0.4, -0.2) is 44.3 Å². The molecule has 0 fully saturated rings. The Hall–Kier alpha value is -3.43. The second-order valence-corrected chi connectivity index (χ2v) is 11.8. The van der Waals surface area contributed by atoms with Gasteiger partial charge < -0.3 is 10.2 Å². The Morgan fingerprint density at radius 1 is 0.950 bits per heavy atom. The molecule has 10 heteroatoms. The molecule has 0 bridgehead atoms. The fourth-order valence-corrected chi connectivity index (χ4v) is 5.73. The largest absolute Gasteiger partial charge is 0.354 e. The number of carbonyl (C=O) groups excluding carboxylic acids is 2. The lowest BCUT2D eigenvalue weighted by atomic mass is 10.1. The van der Waals surface area contributed by atoms with Gasteiger partial charge in [-0.3, -0.25) is 13.9 Å². The SMILES string of the molecule is CCCCNC(=O)[C@@H](CC)N(Cc1ccc(Cl)cc1)C(=O)CN(c1ccc(F)cc1)S(=O)(=O)c1ccc(C)cc1. The molecule has 2 amide bonds. The Morgan fingerprint density at radius 3 is 2.15 bits per heavy atom. The minimum absolute atomic E-state index is 0.0103. The highest BCUT2D eigenvalue weighted by Gasteiger charge is 2.33. The van der Waals surface area contributed by atoms with Crippen molar-refractivity contribution in [1.29, 1.82) is 0 Å². The van der Waals surface area contributed by atoms with Crippen molar-refractivity contribution in [3.63, 3.8) is 0 Å². The van der Waals surface area contributed by atoms with Crippen molar-refractivity contribution >= 4 is 39.1 Å². The lowest BCUT2D eigenvalue weighted by Gasteiger charge is -2.33. The van der Waals surface area contributed by atoms with Crippen LogP contribution in [0.15, 0.2) is 77.7 Å². The smallest absolute Gasteiger partial charge is 0.264 e. The number of benzene rings is 3. The summed E-state index contributed by atoms with van der Waals surface area (Å²) in [6.07, 6.45) is 2.01. The molecular weight excluding hydrogens is 553 g/mol. The highest BCUT2D eigenvalue weighted by atomic mass is 35.5. The van der Waals surface area contributed by atoms with Crippen LogP contribution in [0.25, 0.3) is 0 Å². The minimum atomic E-state index is -4.22. The van der Waals surface area contributed by atoms with Gasteiger partial charge in [0.25, 0.3) is 10.0 Å². The van der Waals surface area contributed by atoms with E-state index in [0.717, 1.165) is 40.4 Å². The Kier molecular flexibility index (Phi) is 11.1. The van der Waals surface area contributed by atoms with Crippen molar-refractivity contribution in [2.24, 2.45) is 0 Å². The molecule has 0 aliphatic carbocycles. The molecule has 0 aliphatic rings. The third-order valence-corrected chi connectivity index (χ3v) is 8.52. The average molecular weight is 588 g/mol. The van der Waals surface area contributed by atoms with Crippen LogP contribution in [0.3, 0.4) is 0 Å². The van der Waals surface area contributed by atoms with E-state index in [1.807, 2.05) is 13.8 Å². The molecule has 1 atom stereocenters. The number of halogens is 2. The predicted molar refractivity (Wildman–Crippen MR) is 156 cm³/mol. The summed E-state index contributed by atoms with van der Waals surface area (Å²) >= 11 is 6.04. The third-order valence-electron chi connectivity index (χ3n) is 6.48. The molecule has 0 aliphatic heterocycles. The van der Waals surface area contributed by atoms with Crippen molar-refractivity contribution in [2.45, 2.75) is 57.5 Å². The van der Waals surface area contributed by atoms with Crippen LogP contribution >= 0.6 is 11.6 Å². The van der Waals surface area contributed by atoms with Crippen molar-refractivity contribution in [2.75, 3.05) is 17.4 Å². The Bertz CT molecular complexity index is 1380. The summed E-state index contributed by atoms with van der Waals surface area (Å²) in [7, 11) is -4.22. The van der Waals surface area contributed by atoms with Crippen LogP contribution in [0.2, 0.25) is 5.02 Å². The maximum Gasteiger partial charge on any atom is 0.264 e. The Labute approximate surface area is 241 Å². The molecular formula is C30H35ClFN3O4S. The molecule has 1 N–H and O–H groups in total. The standard InChI is InChI=1S/C30H35ClFN3O4S/c1-4-6-19-33-30(37)28(5-2)34(20-23-9-11-24(31)12-10-23)29(36)21-35(26-15-13-25(32)14-16-26)40(38,39)27-17-7-22(3)8-18-27/h7-18,28H,4-6,19-21H2,1-3H3,(H,33,37)/t28-/m1/s1. The second-order valence-electron chi connectivity index (χ2n) is 9.52. The lowest BCUT2D eigenvalue weighted by molar-refractivity contribution is -0.140. The molecule has 0 saturated carbocycles. The van der Waals surface area contributed by atoms with Crippen LogP contribution in [0.4, 0.5) is 10.1 Å². The summed E-state index contributed by atoms with van der Waals surface area (Å²) in [6, 6.07) is 17.2. The maximum atomic E-state index is 14.0. The van der Waals surface area contributed by atoms with Gasteiger partial charge in [0.1, 0.15) is 18.4 Å². The molecule has 7 nitrogen and oxygen atoms in total. The van der Waals surface area contributed by atoms with Gasteiger partial charge in [-0.15, -0.1) is 0 Å². The molecule has 214 valence electrons. The van der Waals surface area contributed by atoms with Gasteiger partial charge in [-0.1, -0.05) is 61.7 Å². The summed E-state index contributed by atoms with van der Waals surface area (Å²) in [5.74, 6) is -1.43. The molecule has 3 rings (SSSR count). The maximum absolute atomic E-state index is 14.0. The van der Waals surface area contributed by atoms with E-state index in [-0.39, 0.29) is 23.0 Å². The molecule has 0 unspecified atom stereocenters. The van der Waals surface area contributed by atoms with E-state index in [1.54, 1.807) is 43.3 Å². The van der Waals surface area contributed by atoms with Gasteiger partial charge in [0, 0.05) is 18.1 Å². The van der Waals surface area contributed by atoms with Gasteiger partial charge in [0.15, 0.2) is 0 Å². The van der Waals surface area contributed by atoms with Gasteiger partial charge in [-0.25, -0.2) is 12.8 Å². The number of carbonyl (C=O) groups is 2. The average Bonchev–Trinajstić information content (AvgIpc) is 2.93. The van der Waals surface area contributed by atoms with E-state index in [2.05, 4.69) is 5.32 Å². The molecule has 3 aromatic rings. The first-order valence-electron chi connectivity index (χ1n) is 13.2. The molecule has 3 aromatic carbocycles. The molecule has 0 aromatic heterocycles. The van der Waals surface area contributed by atoms with E-state index < -0.39 is 34.3 Å². The number of hydrogen-bond donors (Lipinski definition) is 1. The summed E-state index contributed by atoms with van der Waals surface area (Å²) in [4.78, 5) is 28.5. The number of nitrogens with zero attached hydrogens (tertiary/aromatic N) is 2. The zero-order chi connectivity index (χ0) is 29.3. The minimum Gasteiger partial charge on any atom is -0.354 e. The van der Waals surface area contributed by atoms with Crippen LogP contribution < -0.4 is 9.62 Å². The Morgan fingerprint density at radius 2 is 1.57 bits per heavy atom. The molecule has 40 heavy (non-hydrogen) atoms. The van der Waals surface area contributed by atoms with Crippen LogP contribution in [0.5, 0.6) is 0 Å². The summed E-state index contributed by atoms with van der Waals surface area (Å²) in [6.45, 7) is 5.60. The van der Waals surface area contributed by atoms with Gasteiger partial charge in [-0.2, -0.15) is 0 Å². The quantitative estimate of drug-likeness (QED) is 0.260. The number of hydrogen-bond acceptors (Lipinski definition) is 4. The fraction of sp³-hybridized carbons (Fsp3) is 0.333. The van der Waals surface area contributed by atoms with E-state index in [9.17, 15) is 22.4 Å². The zero-order valence-electron chi connectivity index (χ0n) is 22.9. The van der Waals surface area contributed by atoms with E-state index in [0.29, 0.717) is 18.0 Å². The van der Waals surface area contributed by atoms with Crippen LogP contribution in [0.1, 0.15) is 44.2 Å². The van der Waals surface area contributed by atoms with Crippen molar-refractivity contribution in [3.8, 4) is 0 Å². The molecule has 0 radical (unpaired) electrons. The highest BCUT2D eigenvalue weighted by molar-refractivity contribution is 7.92. The second kappa shape index (κ2) is 14.3. The first-order chi connectivity index (χ1) is 19.1. The number of sulfonamides is 1. The van der Waals surface area contributed by atoms with Crippen LogP contribution in [-0.2, 0) is 26.2 Å². The number of anilines is 1. The highest BCUT2D eigenvalue weighted by Crippen LogP contribution is 2.25. The molecule has 0 saturated heterocycles. The molecule has 0 heterocycles. The monoisotopic (exact) mass is 587 g/mol. The Balaban J connectivity index is 2.02. The van der Waals surface area contributed by atoms with Gasteiger partial charge in [0.2, 0.25) is 11.8 Å². The number of unbranched alkanes of at least 4 members (excludes halogenated alkanes) is 1. The van der Waals surface area contributed by atoms with E-state index >= 15 is 0 Å². The summed E-state index contributed by atoms with van der Waals surface area (Å²) in [5.41, 5.74) is 1.73. The first kappa shape index (κ1) is 31.1. The lowest BCUT2D eigenvalue weighted by Crippen LogP contribution is -2.52. The number of amides is 2. The fourth-order valence-electron chi connectivity index (χ4n) is 4.19. The van der Waals surface area contributed by atoms with Crippen molar-refractivity contribution in [3.05, 3.63) is 94.8 Å². The van der Waals surface area contributed by atoms with Crippen LogP contribution in [0, 0.1) is 12.7 Å². The van der Waals surface area contributed by atoms with E-state index in [1.165, 1.54) is 29.2 Å². The molecule has 0 spiro atoms. The number of aryl methyl sites for hydroxylation is 1. The summed E-state index contributed by atoms with van der Waals surface area (Å²) < 4.78 is 42.3. The van der Waals surface area contributed by atoms with Gasteiger partial charge in [0.05, 0.1) is 10.6 Å². The topological polar surface area (TPSA) is 86.8 Å². The zero-order valence-corrected chi connectivity index (χ0v) is 24.5. The number of rotatable bonds is 13.